The van der Waals surface area contributed by atoms with E-state index in [1.807, 2.05) is 0 Å². The van der Waals surface area contributed by atoms with E-state index in [0.717, 1.165) is 12.1 Å². The maximum atomic E-state index is 2.79. The quantitative estimate of drug-likeness (QED) is 0.154. The molecule has 6 aliphatic carbocycles. The van der Waals surface area contributed by atoms with Gasteiger partial charge in [0.05, 0.1) is 0 Å². The van der Waals surface area contributed by atoms with Crippen molar-refractivity contribution in [3.63, 3.8) is 0 Å². The van der Waals surface area contributed by atoms with Crippen LogP contribution in [0, 0.1) is 5.92 Å². The highest BCUT2D eigenvalue weighted by Gasteiger charge is 2.61. The molecule has 0 aromatic heterocycles. The molecule has 1 spiro atoms. The molecule has 4 unspecified atom stereocenters. The van der Waals surface area contributed by atoms with Crippen LogP contribution in [0.25, 0.3) is 33.4 Å². The zero-order valence-electron chi connectivity index (χ0n) is 43.3. The van der Waals surface area contributed by atoms with Crippen molar-refractivity contribution in [2.45, 2.75) is 76.0 Å². The van der Waals surface area contributed by atoms with E-state index >= 15 is 0 Å². The van der Waals surface area contributed by atoms with Gasteiger partial charge in [-0.25, -0.2) is 0 Å². The molecule has 1 nitrogen and oxygen atoms in total. The number of rotatable bonds is 7. The van der Waals surface area contributed by atoms with Crippen LogP contribution in [0.2, 0.25) is 0 Å². The third kappa shape index (κ3) is 6.23. The van der Waals surface area contributed by atoms with Crippen LogP contribution >= 0.6 is 0 Å². The van der Waals surface area contributed by atoms with Crippen molar-refractivity contribution < 1.29 is 0 Å². The monoisotopic (exact) mass is 951 g/mol. The number of fused-ring (bicyclic) bond motifs is 13. The Morgan fingerprint density at radius 3 is 1.82 bits per heavy atom. The molecular weight excluding hydrogens is 891 g/mol. The zero-order valence-corrected chi connectivity index (χ0v) is 43.3. The van der Waals surface area contributed by atoms with Crippen molar-refractivity contribution in [2.75, 3.05) is 4.90 Å². The highest BCUT2D eigenvalue weighted by molar-refractivity contribution is 5.96. The summed E-state index contributed by atoms with van der Waals surface area (Å²) in [5.74, 6) is 0.445. The van der Waals surface area contributed by atoms with Gasteiger partial charge in [0.1, 0.15) is 0 Å². The molecule has 0 heterocycles. The molecular formula is C73H61N. The minimum absolute atomic E-state index is 0.131. The molecule has 8 aromatic carbocycles. The molecule has 0 bridgehead atoms. The van der Waals surface area contributed by atoms with Gasteiger partial charge >= 0.3 is 0 Å². The van der Waals surface area contributed by atoms with E-state index in [4.69, 9.17) is 0 Å². The van der Waals surface area contributed by atoms with Gasteiger partial charge in [-0.1, -0.05) is 228 Å². The van der Waals surface area contributed by atoms with Crippen LogP contribution in [-0.4, -0.2) is 0 Å². The van der Waals surface area contributed by atoms with Crippen LogP contribution < -0.4 is 4.90 Å². The average Bonchev–Trinajstić information content (AvgIpc) is 4.10. The molecule has 0 aliphatic heterocycles. The second-order valence-electron chi connectivity index (χ2n) is 22.7. The minimum Gasteiger partial charge on any atom is -0.314 e. The summed E-state index contributed by atoms with van der Waals surface area (Å²) in [6.07, 6.45) is 13.5. The largest absolute Gasteiger partial charge is 0.314 e. The molecule has 8 aromatic rings. The van der Waals surface area contributed by atoms with Crippen molar-refractivity contribution >= 4 is 22.5 Å². The first-order valence-electron chi connectivity index (χ1n) is 26.9. The fourth-order valence-electron chi connectivity index (χ4n) is 15.1. The van der Waals surface area contributed by atoms with Crippen LogP contribution in [0.1, 0.15) is 110 Å². The molecule has 0 saturated heterocycles. The fraction of sp³-hybridized carbons (Fsp3) is 0.178. The zero-order chi connectivity index (χ0) is 50.1. The maximum absolute atomic E-state index is 2.79. The van der Waals surface area contributed by atoms with Crippen molar-refractivity contribution in [1.82, 2.24) is 0 Å². The van der Waals surface area contributed by atoms with Gasteiger partial charge in [0.25, 0.3) is 0 Å². The standard InChI is InChI=1S/C73H61N/c1-7-22-55-46(2)73(64-33-20-15-27-56(55)64)65-34-21-17-30-60(65)68-67(73)45-61(70-69(68)59-29-16-19-32-63(59)72(70,5)6)51-41-50(48-25-12-9-13-26-48)42-54(43-51)74(52-37-35-49(36-38-52)47-23-10-8-11-24-47)53-39-40-58-57-28-14-18-31-62(57)71(3,4)66(58)44-53/h7-41,43-45,50,67-68H,42H2,1-6H3/b22-7-. The Balaban J connectivity index is 1.03. The first-order chi connectivity index (χ1) is 36.1. The molecule has 14 rings (SSSR count). The van der Waals surface area contributed by atoms with E-state index in [-0.39, 0.29) is 34.0 Å². The molecule has 1 heteroatoms. The Labute approximate surface area is 438 Å². The molecule has 6 aliphatic rings. The van der Waals surface area contributed by atoms with Gasteiger partial charge in [0, 0.05) is 51.1 Å². The van der Waals surface area contributed by atoms with Gasteiger partial charge in [-0.15, -0.1) is 0 Å². The molecule has 4 atom stereocenters. The summed E-state index contributed by atoms with van der Waals surface area (Å²) in [6, 6.07) is 75.9. The summed E-state index contributed by atoms with van der Waals surface area (Å²) in [5, 5.41) is 0. The molecule has 0 amide bonds. The summed E-state index contributed by atoms with van der Waals surface area (Å²) < 4.78 is 0. The van der Waals surface area contributed by atoms with E-state index in [1.54, 1.807) is 0 Å². The molecule has 358 valence electrons. The highest BCUT2D eigenvalue weighted by atomic mass is 15.1. The number of hydrogen-bond acceptors (Lipinski definition) is 1. The molecule has 0 saturated carbocycles. The lowest BCUT2D eigenvalue weighted by Crippen LogP contribution is -2.35. The van der Waals surface area contributed by atoms with Gasteiger partial charge in [0.15, 0.2) is 0 Å². The van der Waals surface area contributed by atoms with E-state index in [0.29, 0.717) is 0 Å². The van der Waals surface area contributed by atoms with Crippen molar-refractivity contribution in [1.29, 1.82) is 0 Å². The normalized spacial score (nSPS) is 22.1. The van der Waals surface area contributed by atoms with Crippen molar-refractivity contribution in [2.24, 2.45) is 5.92 Å². The predicted octanol–water partition coefficient (Wildman–Crippen LogP) is 18.5. The van der Waals surface area contributed by atoms with Gasteiger partial charge in [-0.2, -0.15) is 0 Å². The fourth-order valence-corrected chi connectivity index (χ4v) is 15.1. The van der Waals surface area contributed by atoms with Crippen molar-refractivity contribution in [3.8, 4) is 22.3 Å². The van der Waals surface area contributed by atoms with E-state index in [9.17, 15) is 0 Å². The molecule has 0 N–H and O–H groups in total. The first-order valence-corrected chi connectivity index (χ1v) is 26.9. The topological polar surface area (TPSA) is 3.24 Å². The number of benzene rings is 8. The first kappa shape index (κ1) is 44.7. The van der Waals surface area contributed by atoms with Gasteiger partial charge in [-0.3, -0.25) is 0 Å². The molecule has 0 fully saturated rings. The summed E-state index contributed by atoms with van der Waals surface area (Å²) in [6.45, 7) is 14.4. The second kappa shape index (κ2) is 16.5. The molecule has 74 heavy (non-hydrogen) atoms. The second-order valence-corrected chi connectivity index (χ2v) is 22.7. The van der Waals surface area contributed by atoms with Crippen molar-refractivity contribution in [3.05, 3.63) is 309 Å². The lowest BCUT2D eigenvalue weighted by Gasteiger charge is -2.42. The van der Waals surface area contributed by atoms with Gasteiger partial charge in [0.2, 0.25) is 0 Å². The smallest absolute Gasteiger partial charge is 0.0498 e. The SMILES string of the molecule is C/C=C\C1=C(C)C2(c3ccccc31)c1ccccc1C1C3=C(C(C4=CC(c5ccccc5)CC(N(c5ccc(-c6ccccc6)cc5)c5ccc6c(c5)C(C)(C)c5ccccc5-6)=C4)=CC12)C(C)(C)c1ccccc13. The third-order valence-electron chi connectivity index (χ3n) is 18.3. The third-order valence-corrected chi connectivity index (χ3v) is 18.3. The van der Waals surface area contributed by atoms with Crippen LogP contribution in [0.15, 0.2) is 259 Å². The Morgan fingerprint density at radius 1 is 0.514 bits per heavy atom. The van der Waals surface area contributed by atoms with Crippen LogP contribution in [0.5, 0.6) is 0 Å². The predicted molar refractivity (Wildman–Crippen MR) is 310 cm³/mol. The Morgan fingerprint density at radius 2 is 1.09 bits per heavy atom. The van der Waals surface area contributed by atoms with Crippen LogP contribution in [0.4, 0.5) is 11.4 Å². The summed E-state index contributed by atoms with van der Waals surface area (Å²) >= 11 is 0. The van der Waals surface area contributed by atoms with Crippen LogP contribution in [-0.2, 0) is 16.2 Å². The number of anilines is 2. The Bertz CT molecular complexity index is 3830. The molecule has 0 radical (unpaired) electrons. The van der Waals surface area contributed by atoms with Gasteiger partial charge < -0.3 is 4.90 Å². The lowest BCUT2D eigenvalue weighted by atomic mass is 9.61. The number of allylic oxidation sites excluding steroid dienone is 12. The Kier molecular flexibility index (Phi) is 9.97. The maximum Gasteiger partial charge on any atom is 0.0498 e. The lowest BCUT2D eigenvalue weighted by molar-refractivity contribution is 0.456. The minimum atomic E-state index is -0.347. The highest BCUT2D eigenvalue weighted by Crippen LogP contribution is 2.71. The van der Waals surface area contributed by atoms with Gasteiger partial charge in [-0.05, 0) is 156 Å². The van der Waals surface area contributed by atoms with E-state index in [2.05, 4.69) is 277 Å². The summed E-state index contributed by atoms with van der Waals surface area (Å²) in [5.41, 5.74) is 29.1. The Hall–Kier alpha value is -8.00. The van der Waals surface area contributed by atoms with E-state index in [1.165, 1.54) is 117 Å². The van der Waals surface area contributed by atoms with E-state index < -0.39 is 0 Å². The van der Waals surface area contributed by atoms with Crippen LogP contribution in [0.3, 0.4) is 0 Å². The number of hydrogen-bond donors (Lipinski definition) is 0. The average molecular weight is 952 g/mol. The summed E-state index contributed by atoms with van der Waals surface area (Å²) in [7, 11) is 0. The summed E-state index contributed by atoms with van der Waals surface area (Å²) in [4.78, 5) is 2.60. The number of nitrogens with zero attached hydrogens (tertiary/aromatic N) is 1.